The summed E-state index contributed by atoms with van der Waals surface area (Å²) in [7, 11) is 0. The van der Waals surface area contributed by atoms with Gasteiger partial charge in [0, 0.05) is 11.4 Å². The van der Waals surface area contributed by atoms with Crippen molar-refractivity contribution >= 4 is 23.1 Å². The fourth-order valence-electron chi connectivity index (χ4n) is 1.38. The SMILES string of the molecule is Cc1cscc1NC(=O)NC1CCC1. The van der Waals surface area contributed by atoms with Gasteiger partial charge in [0.2, 0.25) is 0 Å². The van der Waals surface area contributed by atoms with Gasteiger partial charge in [0.25, 0.3) is 0 Å². The largest absolute Gasteiger partial charge is 0.335 e. The Morgan fingerprint density at radius 1 is 1.50 bits per heavy atom. The van der Waals surface area contributed by atoms with E-state index in [9.17, 15) is 4.79 Å². The summed E-state index contributed by atoms with van der Waals surface area (Å²) in [5, 5.41) is 9.77. The molecule has 1 saturated carbocycles. The average Bonchev–Trinajstić information content (AvgIpc) is 2.45. The Balaban J connectivity index is 1.84. The molecule has 14 heavy (non-hydrogen) atoms. The second kappa shape index (κ2) is 4.00. The molecular formula is C10H14N2OS. The van der Waals surface area contributed by atoms with Crippen LogP contribution in [0.15, 0.2) is 10.8 Å². The molecule has 1 aromatic rings. The lowest BCUT2D eigenvalue weighted by molar-refractivity contribution is 0.240. The van der Waals surface area contributed by atoms with Crippen molar-refractivity contribution in [2.24, 2.45) is 0 Å². The van der Waals surface area contributed by atoms with Crippen molar-refractivity contribution in [2.75, 3.05) is 5.32 Å². The number of thiophene rings is 1. The molecule has 4 heteroatoms. The van der Waals surface area contributed by atoms with Crippen LogP contribution in [0.1, 0.15) is 24.8 Å². The van der Waals surface area contributed by atoms with Crippen LogP contribution < -0.4 is 10.6 Å². The van der Waals surface area contributed by atoms with Crippen molar-refractivity contribution in [3.05, 3.63) is 16.3 Å². The molecule has 1 fully saturated rings. The Morgan fingerprint density at radius 2 is 2.29 bits per heavy atom. The molecule has 3 nitrogen and oxygen atoms in total. The van der Waals surface area contributed by atoms with E-state index in [0.717, 1.165) is 24.1 Å². The van der Waals surface area contributed by atoms with Gasteiger partial charge in [0.15, 0.2) is 0 Å². The van der Waals surface area contributed by atoms with Crippen molar-refractivity contribution in [1.82, 2.24) is 5.32 Å². The molecule has 2 amide bonds. The van der Waals surface area contributed by atoms with Crippen LogP contribution in [0.2, 0.25) is 0 Å². The highest BCUT2D eigenvalue weighted by atomic mass is 32.1. The van der Waals surface area contributed by atoms with Crippen LogP contribution in [0.5, 0.6) is 0 Å². The number of hydrogen-bond donors (Lipinski definition) is 2. The summed E-state index contributed by atoms with van der Waals surface area (Å²) in [5.41, 5.74) is 2.05. The van der Waals surface area contributed by atoms with Crippen LogP contribution in [0.25, 0.3) is 0 Å². The van der Waals surface area contributed by atoms with E-state index in [2.05, 4.69) is 10.6 Å². The normalized spacial score (nSPS) is 16.1. The van der Waals surface area contributed by atoms with Crippen LogP contribution in [0.3, 0.4) is 0 Å². The summed E-state index contributed by atoms with van der Waals surface area (Å²) in [4.78, 5) is 11.4. The van der Waals surface area contributed by atoms with E-state index < -0.39 is 0 Å². The number of nitrogens with one attached hydrogen (secondary N) is 2. The molecule has 2 rings (SSSR count). The quantitative estimate of drug-likeness (QED) is 0.774. The third-order valence-corrected chi connectivity index (χ3v) is 3.41. The highest BCUT2D eigenvalue weighted by molar-refractivity contribution is 7.08. The van der Waals surface area contributed by atoms with Gasteiger partial charge < -0.3 is 10.6 Å². The van der Waals surface area contributed by atoms with Crippen molar-refractivity contribution in [3.63, 3.8) is 0 Å². The summed E-state index contributed by atoms with van der Waals surface area (Å²) >= 11 is 1.60. The molecule has 0 aliphatic heterocycles. The maximum absolute atomic E-state index is 11.4. The van der Waals surface area contributed by atoms with Crippen molar-refractivity contribution in [3.8, 4) is 0 Å². The van der Waals surface area contributed by atoms with Crippen LogP contribution in [0.4, 0.5) is 10.5 Å². The molecule has 0 bridgehead atoms. The van der Waals surface area contributed by atoms with Gasteiger partial charge in [0.05, 0.1) is 5.69 Å². The highest BCUT2D eigenvalue weighted by Crippen LogP contribution is 2.20. The van der Waals surface area contributed by atoms with Gasteiger partial charge >= 0.3 is 6.03 Å². The van der Waals surface area contributed by atoms with Crippen molar-refractivity contribution in [1.29, 1.82) is 0 Å². The van der Waals surface area contributed by atoms with Gasteiger partial charge in [-0.3, -0.25) is 0 Å². The summed E-state index contributed by atoms with van der Waals surface area (Å²) in [6.07, 6.45) is 3.48. The molecule has 1 aromatic heterocycles. The summed E-state index contributed by atoms with van der Waals surface area (Å²) in [6, 6.07) is 0.324. The first-order valence-electron chi connectivity index (χ1n) is 4.86. The zero-order valence-electron chi connectivity index (χ0n) is 8.17. The molecule has 0 radical (unpaired) electrons. The smallest absolute Gasteiger partial charge is 0.319 e. The van der Waals surface area contributed by atoms with Gasteiger partial charge in [-0.25, -0.2) is 4.79 Å². The molecule has 1 aliphatic carbocycles. The first kappa shape index (κ1) is 9.52. The van der Waals surface area contributed by atoms with Crippen molar-refractivity contribution < 1.29 is 4.79 Å². The number of urea groups is 1. The molecule has 0 spiro atoms. The number of rotatable bonds is 2. The van der Waals surface area contributed by atoms with E-state index in [1.165, 1.54) is 6.42 Å². The predicted molar refractivity (Wildman–Crippen MR) is 58.8 cm³/mol. The monoisotopic (exact) mass is 210 g/mol. The third kappa shape index (κ3) is 2.07. The van der Waals surface area contributed by atoms with Crippen LogP contribution in [-0.4, -0.2) is 12.1 Å². The number of amides is 2. The molecule has 0 unspecified atom stereocenters. The molecule has 1 aliphatic rings. The van der Waals surface area contributed by atoms with Gasteiger partial charge in [0.1, 0.15) is 0 Å². The van der Waals surface area contributed by atoms with E-state index >= 15 is 0 Å². The lowest BCUT2D eigenvalue weighted by Gasteiger charge is -2.26. The van der Waals surface area contributed by atoms with E-state index in [1.807, 2.05) is 17.7 Å². The van der Waals surface area contributed by atoms with E-state index in [1.54, 1.807) is 11.3 Å². The zero-order chi connectivity index (χ0) is 9.97. The van der Waals surface area contributed by atoms with Crippen molar-refractivity contribution in [2.45, 2.75) is 32.2 Å². The molecule has 76 valence electrons. The second-order valence-electron chi connectivity index (χ2n) is 3.69. The molecule has 0 saturated heterocycles. The number of anilines is 1. The minimum atomic E-state index is -0.0730. The first-order valence-corrected chi connectivity index (χ1v) is 5.80. The predicted octanol–water partition coefficient (Wildman–Crippen LogP) is 2.73. The third-order valence-electron chi connectivity index (χ3n) is 2.54. The van der Waals surface area contributed by atoms with Crippen LogP contribution >= 0.6 is 11.3 Å². The summed E-state index contributed by atoms with van der Waals surface area (Å²) in [6.45, 7) is 2.00. The van der Waals surface area contributed by atoms with E-state index in [4.69, 9.17) is 0 Å². The minimum Gasteiger partial charge on any atom is -0.335 e. The Kier molecular flexibility index (Phi) is 2.72. The maximum atomic E-state index is 11.4. The Hall–Kier alpha value is -1.03. The Labute approximate surface area is 87.5 Å². The fraction of sp³-hybridized carbons (Fsp3) is 0.500. The minimum absolute atomic E-state index is 0.0730. The lowest BCUT2D eigenvalue weighted by Crippen LogP contribution is -2.41. The summed E-state index contributed by atoms with van der Waals surface area (Å²) < 4.78 is 0. The lowest BCUT2D eigenvalue weighted by atomic mass is 9.93. The number of aryl methyl sites for hydroxylation is 1. The van der Waals surface area contributed by atoms with Gasteiger partial charge in [-0.2, -0.15) is 0 Å². The van der Waals surface area contributed by atoms with E-state index in [-0.39, 0.29) is 6.03 Å². The highest BCUT2D eigenvalue weighted by Gasteiger charge is 2.19. The molecule has 1 heterocycles. The zero-order valence-corrected chi connectivity index (χ0v) is 8.99. The average molecular weight is 210 g/mol. The summed E-state index contributed by atoms with van der Waals surface area (Å²) in [5.74, 6) is 0. The standard InChI is InChI=1S/C10H14N2OS/c1-7-5-14-6-9(7)12-10(13)11-8-3-2-4-8/h5-6,8H,2-4H2,1H3,(H2,11,12,13). The Bertz CT molecular complexity index is 331. The maximum Gasteiger partial charge on any atom is 0.319 e. The molecule has 0 aromatic carbocycles. The van der Waals surface area contributed by atoms with Crippen LogP contribution in [0, 0.1) is 6.92 Å². The molecule has 0 atom stereocenters. The first-order chi connectivity index (χ1) is 6.75. The molecular weight excluding hydrogens is 196 g/mol. The molecule has 2 N–H and O–H groups in total. The van der Waals surface area contributed by atoms with Gasteiger partial charge in [-0.05, 0) is 37.1 Å². The number of hydrogen-bond acceptors (Lipinski definition) is 2. The number of carbonyl (C=O) groups is 1. The second-order valence-corrected chi connectivity index (χ2v) is 4.44. The van der Waals surface area contributed by atoms with E-state index in [0.29, 0.717) is 6.04 Å². The topological polar surface area (TPSA) is 41.1 Å². The Morgan fingerprint density at radius 3 is 2.79 bits per heavy atom. The number of carbonyl (C=O) groups excluding carboxylic acids is 1. The van der Waals surface area contributed by atoms with Crippen LogP contribution in [-0.2, 0) is 0 Å². The van der Waals surface area contributed by atoms with Gasteiger partial charge in [-0.1, -0.05) is 0 Å². The van der Waals surface area contributed by atoms with Gasteiger partial charge in [-0.15, -0.1) is 11.3 Å². The fourth-order valence-corrected chi connectivity index (χ4v) is 2.17.